The third-order valence-electron chi connectivity index (χ3n) is 3.34. The molecule has 2 rings (SSSR count). The van der Waals surface area contributed by atoms with Crippen LogP contribution in [0, 0.1) is 5.82 Å². The molecule has 0 aromatic heterocycles. The zero-order valence-corrected chi connectivity index (χ0v) is 15.3. The van der Waals surface area contributed by atoms with Gasteiger partial charge in [0.2, 0.25) is 15.9 Å². The van der Waals surface area contributed by atoms with E-state index >= 15 is 0 Å². The number of hydrogen-bond acceptors (Lipinski definition) is 3. The highest BCUT2D eigenvalue weighted by atomic mass is 35.5. The summed E-state index contributed by atoms with van der Waals surface area (Å²) in [5, 5.41) is 1.63. The average molecular weight is 425 g/mol. The topological polar surface area (TPSA) is 66.5 Å². The minimum absolute atomic E-state index is 0.0975. The second kappa shape index (κ2) is 7.73. The van der Waals surface area contributed by atoms with Gasteiger partial charge in [-0.3, -0.25) is 9.10 Å². The van der Waals surface area contributed by atoms with E-state index in [4.69, 9.17) is 11.6 Å². The molecule has 27 heavy (non-hydrogen) atoms. The molecule has 5 nitrogen and oxygen atoms in total. The monoisotopic (exact) mass is 424 g/mol. The molecule has 0 radical (unpaired) electrons. The molecule has 0 fully saturated rings. The number of rotatable bonds is 5. The maximum atomic E-state index is 13.4. The molecule has 1 amide bonds. The standard InChI is InChI=1S/C16H13ClF4N2O3S/c1-27(25,26)23(12-4-2-3-10(18)7-12)9-15(24)22-11-5-6-14(17)13(8-11)16(19,20)21/h2-8H,9H2,1H3,(H,22,24). The summed E-state index contributed by atoms with van der Waals surface area (Å²) >= 11 is 5.50. The van der Waals surface area contributed by atoms with Gasteiger partial charge in [0.25, 0.3) is 0 Å². The predicted molar refractivity (Wildman–Crippen MR) is 93.7 cm³/mol. The molecule has 0 aliphatic heterocycles. The van der Waals surface area contributed by atoms with Gasteiger partial charge in [-0.1, -0.05) is 17.7 Å². The summed E-state index contributed by atoms with van der Waals surface area (Å²) < 4.78 is 76.4. The number of sulfonamides is 1. The first-order chi connectivity index (χ1) is 12.4. The van der Waals surface area contributed by atoms with Crippen LogP contribution in [0.25, 0.3) is 0 Å². The van der Waals surface area contributed by atoms with Gasteiger partial charge in [0.05, 0.1) is 22.5 Å². The quantitative estimate of drug-likeness (QED) is 0.740. The summed E-state index contributed by atoms with van der Waals surface area (Å²) in [4.78, 5) is 12.1. The molecule has 0 spiro atoms. The number of amides is 1. The number of benzene rings is 2. The van der Waals surface area contributed by atoms with E-state index in [0.29, 0.717) is 10.4 Å². The van der Waals surface area contributed by atoms with Crippen molar-refractivity contribution in [3.05, 3.63) is 58.9 Å². The first-order valence-electron chi connectivity index (χ1n) is 7.28. The summed E-state index contributed by atoms with van der Waals surface area (Å²) in [5.41, 5.74) is -1.46. The van der Waals surface area contributed by atoms with Crippen LogP contribution in [-0.4, -0.2) is 27.1 Å². The zero-order chi connectivity index (χ0) is 20.4. The number of nitrogens with one attached hydrogen (secondary N) is 1. The van der Waals surface area contributed by atoms with Crippen molar-refractivity contribution in [1.29, 1.82) is 0 Å². The molecule has 1 N–H and O–H groups in total. The number of nitrogens with zero attached hydrogens (tertiary/aromatic N) is 1. The van der Waals surface area contributed by atoms with Crippen molar-refractivity contribution in [2.24, 2.45) is 0 Å². The molecule has 0 aliphatic carbocycles. The maximum absolute atomic E-state index is 13.4. The lowest BCUT2D eigenvalue weighted by Crippen LogP contribution is -2.37. The minimum Gasteiger partial charge on any atom is -0.324 e. The van der Waals surface area contributed by atoms with Gasteiger partial charge >= 0.3 is 6.18 Å². The molecule has 0 saturated carbocycles. The van der Waals surface area contributed by atoms with Crippen LogP contribution in [-0.2, 0) is 21.0 Å². The van der Waals surface area contributed by atoms with Crippen molar-refractivity contribution in [2.45, 2.75) is 6.18 Å². The highest BCUT2D eigenvalue weighted by Crippen LogP contribution is 2.36. The van der Waals surface area contributed by atoms with Crippen molar-refractivity contribution in [3.63, 3.8) is 0 Å². The van der Waals surface area contributed by atoms with Crippen LogP contribution in [0.4, 0.5) is 28.9 Å². The van der Waals surface area contributed by atoms with Gasteiger partial charge in [-0.05, 0) is 36.4 Å². The van der Waals surface area contributed by atoms with Crippen LogP contribution >= 0.6 is 11.6 Å². The smallest absolute Gasteiger partial charge is 0.324 e. The average Bonchev–Trinajstić information content (AvgIpc) is 2.52. The van der Waals surface area contributed by atoms with Gasteiger partial charge in [-0.15, -0.1) is 0 Å². The van der Waals surface area contributed by atoms with Gasteiger partial charge in [0.15, 0.2) is 0 Å². The van der Waals surface area contributed by atoms with E-state index in [1.165, 1.54) is 12.1 Å². The molecule has 2 aromatic carbocycles. The van der Waals surface area contributed by atoms with E-state index in [1.807, 2.05) is 0 Å². The molecular formula is C16H13ClF4N2O3S. The van der Waals surface area contributed by atoms with Crippen molar-refractivity contribution in [1.82, 2.24) is 0 Å². The lowest BCUT2D eigenvalue weighted by molar-refractivity contribution is -0.137. The Balaban J connectivity index is 2.25. The Hall–Kier alpha value is -2.33. The number of anilines is 2. The van der Waals surface area contributed by atoms with E-state index in [-0.39, 0.29) is 11.4 Å². The van der Waals surface area contributed by atoms with Crippen LogP contribution in [0.1, 0.15) is 5.56 Å². The van der Waals surface area contributed by atoms with Gasteiger partial charge in [-0.25, -0.2) is 12.8 Å². The molecule has 146 valence electrons. The summed E-state index contributed by atoms with van der Waals surface area (Å²) in [6.45, 7) is -0.758. The first-order valence-corrected chi connectivity index (χ1v) is 9.50. The highest BCUT2D eigenvalue weighted by Gasteiger charge is 2.33. The van der Waals surface area contributed by atoms with Crippen molar-refractivity contribution in [3.8, 4) is 0 Å². The lowest BCUT2D eigenvalue weighted by Gasteiger charge is -2.22. The van der Waals surface area contributed by atoms with Crippen LogP contribution in [0.2, 0.25) is 5.02 Å². The Bertz CT molecular complexity index is 964. The van der Waals surface area contributed by atoms with E-state index < -0.39 is 45.1 Å². The van der Waals surface area contributed by atoms with E-state index in [1.54, 1.807) is 0 Å². The second-order valence-electron chi connectivity index (χ2n) is 5.49. The minimum atomic E-state index is -4.72. The Kier molecular flexibility index (Phi) is 6.01. The number of hydrogen-bond donors (Lipinski definition) is 1. The summed E-state index contributed by atoms with van der Waals surface area (Å²) in [6, 6.07) is 7.28. The molecule has 0 bridgehead atoms. The summed E-state index contributed by atoms with van der Waals surface area (Å²) in [6.07, 6.45) is -3.91. The Labute approximate surface area is 157 Å². The normalized spacial score (nSPS) is 11.9. The molecule has 2 aromatic rings. The largest absolute Gasteiger partial charge is 0.417 e. The second-order valence-corrected chi connectivity index (χ2v) is 7.80. The van der Waals surface area contributed by atoms with Crippen LogP contribution < -0.4 is 9.62 Å². The SMILES string of the molecule is CS(=O)(=O)N(CC(=O)Nc1ccc(Cl)c(C(F)(F)F)c1)c1cccc(F)c1. The van der Waals surface area contributed by atoms with Gasteiger partial charge in [-0.2, -0.15) is 13.2 Å². The summed E-state index contributed by atoms with van der Waals surface area (Å²) in [7, 11) is -3.96. The third kappa shape index (κ3) is 5.57. The van der Waals surface area contributed by atoms with Gasteiger partial charge in [0.1, 0.15) is 12.4 Å². The molecule has 0 heterocycles. The maximum Gasteiger partial charge on any atom is 0.417 e. The van der Waals surface area contributed by atoms with Crippen molar-refractivity contribution >= 4 is 38.9 Å². The fourth-order valence-electron chi connectivity index (χ4n) is 2.18. The van der Waals surface area contributed by atoms with E-state index in [0.717, 1.165) is 30.5 Å². The fourth-order valence-corrected chi connectivity index (χ4v) is 3.26. The number of alkyl halides is 3. The molecule has 0 aliphatic rings. The van der Waals surface area contributed by atoms with E-state index in [2.05, 4.69) is 5.32 Å². The molecule has 11 heteroatoms. The van der Waals surface area contributed by atoms with E-state index in [9.17, 15) is 30.8 Å². The van der Waals surface area contributed by atoms with Crippen molar-refractivity contribution in [2.75, 3.05) is 22.4 Å². The Morgan fingerprint density at radius 3 is 2.41 bits per heavy atom. The first kappa shape index (κ1) is 21.0. The molecule has 0 unspecified atom stereocenters. The third-order valence-corrected chi connectivity index (χ3v) is 4.81. The highest BCUT2D eigenvalue weighted by molar-refractivity contribution is 7.92. The molecular weight excluding hydrogens is 412 g/mol. The van der Waals surface area contributed by atoms with Crippen LogP contribution in [0.15, 0.2) is 42.5 Å². The van der Waals surface area contributed by atoms with Crippen molar-refractivity contribution < 1.29 is 30.8 Å². The number of carbonyl (C=O) groups is 1. The number of carbonyl (C=O) groups excluding carboxylic acids is 1. The van der Waals surface area contributed by atoms with Crippen LogP contribution in [0.5, 0.6) is 0 Å². The number of halogens is 5. The Morgan fingerprint density at radius 1 is 1.19 bits per heavy atom. The predicted octanol–water partition coefficient (Wildman–Crippen LogP) is 3.90. The fraction of sp³-hybridized carbons (Fsp3) is 0.188. The summed E-state index contributed by atoms with van der Waals surface area (Å²) in [5.74, 6) is -1.63. The Morgan fingerprint density at radius 2 is 1.85 bits per heavy atom. The molecule has 0 atom stereocenters. The van der Waals surface area contributed by atoms with Crippen LogP contribution in [0.3, 0.4) is 0 Å². The van der Waals surface area contributed by atoms with Gasteiger partial charge in [0, 0.05) is 5.69 Å². The van der Waals surface area contributed by atoms with Gasteiger partial charge < -0.3 is 5.32 Å². The zero-order valence-electron chi connectivity index (χ0n) is 13.7. The lowest BCUT2D eigenvalue weighted by atomic mass is 10.2. The molecule has 0 saturated heterocycles.